The highest BCUT2D eigenvalue weighted by molar-refractivity contribution is 5.78. The first-order valence-electron chi connectivity index (χ1n) is 4.97. The van der Waals surface area contributed by atoms with Crippen molar-refractivity contribution in [3.05, 3.63) is 35.1 Å². The van der Waals surface area contributed by atoms with E-state index < -0.39 is 0 Å². The summed E-state index contributed by atoms with van der Waals surface area (Å²) in [5.74, 6) is -0.644. The summed E-state index contributed by atoms with van der Waals surface area (Å²) in [6.45, 7) is 3.43. The number of benzene rings is 1. The van der Waals surface area contributed by atoms with Gasteiger partial charge in [0.05, 0.1) is 12.1 Å². The summed E-state index contributed by atoms with van der Waals surface area (Å²) >= 11 is 0. The SMILES string of the molecule is Cc1ccc(C(C)NC(=O)CC#N)cc1F. The van der Waals surface area contributed by atoms with E-state index in [0.29, 0.717) is 11.1 Å². The van der Waals surface area contributed by atoms with Gasteiger partial charge in [0.1, 0.15) is 12.2 Å². The molecule has 0 saturated heterocycles. The highest BCUT2D eigenvalue weighted by Gasteiger charge is 2.10. The van der Waals surface area contributed by atoms with Crippen molar-refractivity contribution in [2.24, 2.45) is 0 Å². The Hall–Kier alpha value is -1.89. The molecule has 1 unspecified atom stereocenters. The van der Waals surface area contributed by atoms with Crippen LogP contribution in [0.3, 0.4) is 0 Å². The van der Waals surface area contributed by atoms with Crippen LogP contribution in [0.15, 0.2) is 18.2 Å². The molecule has 0 radical (unpaired) electrons. The minimum atomic E-state index is -0.351. The summed E-state index contributed by atoms with van der Waals surface area (Å²) in [4.78, 5) is 11.2. The Morgan fingerprint density at radius 3 is 2.88 bits per heavy atom. The number of aryl methyl sites for hydroxylation is 1. The van der Waals surface area contributed by atoms with Crippen LogP contribution in [-0.2, 0) is 4.79 Å². The first kappa shape index (κ1) is 12.2. The number of hydrogen-bond donors (Lipinski definition) is 1. The van der Waals surface area contributed by atoms with E-state index >= 15 is 0 Å². The molecule has 1 rings (SSSR count). The number of nitriles is 1. The predicted molar refractivity (Wildman–Crippen MR) is 57.9 cm³/mol. The minimum absolute atomic E-state index is 0.182. The van der Waals surface area contributed by atoms with Gasteiger partial charge in [0.25, 0.3) is 0 Å². The van der Waals surface area contributed by atoms with Gasteiger partial charge >= 0.3 is 0 Å². The van der Waals surface area contributed by atoms with E-state index in [1.807, 2.05) is 0 Å². The molecule has 1 aromatic rings. The quantitative estimate of drug-likeness (QED) is 0.849. The van der Waals surface area contributed by atoms with Crippen molar-refractivity contribution < 1.29 is 9.18 Å². The van der Waals surface area contributed by atoms with Crippen LogP contribution in [0, 0.1) is 24.1 Å². The standard InChI is InChI=1S/C12H13FN2O/c1-8-3-4-10(7-11(8)13)9(2)15-12(16)5-6-14/h3-4,7,9H,5H2,1-2H3,(H,15,16). The molecule has 84 valence electrons. The van der Waals surface area contributed by atoms with E-state index in [0.717, 1.165) is 0 Å². The second-order valence-corrected chi connectivity index (χ2v) is 3.63. The third-order valence-corrected chi connectivity index (χ3v) is 2.31. The first-order chi connectivity index (χ1) is 7.54. The van der Waals surface area contributed by atoms with Crippen molar-refractivity contribution in [2.45, 2.75) is 26.3 Å². The van der Waals surface area contributed by atoms with Crippen molar-refractivity contribution in [2.75, 3.05) is 0 Å². The smallest absolute Gasteiger partial charge is 0.234 e. The van der Waals surface area contributed by atoms with E-state index in [9.17, 15) is 9.18 Å². The van der Waals surface area contributed by atoms with E-state index in [-0.39, 0.29) is 24.2 Å². The van der Waals surface area contributed by atoms with E-state index in [4.69, 9.17) is 5.26 Å². The number of carbonyl (C=O) groups is 1. The monoisotopic (exact) mass is 220 g/mol. The third kappa shape index (κ3) is 3.06. The van der Waals surface area contributed by atoms with Gasteiger partial charge < -0.3 is 5.32 Å². The van der Waals surface area contributed by atoms with Gasteiger partial charge in [-0.05, 0) is 31.0 Å². The van der Waals surface area contributed by atoms with Crippen LogP contribution in [0.5, 0.6) is 0 Å². The molecule has 16 heavy (non-hydrogen) atoms. The molecule has 0 fully saturated rings. The van der Waals surface area contributed by atoms with Crippen LogP contribution < -0.4 is 5.32 Å². The molecule has 0 bridgehead atoms. The average Bonchev–Trinajstić information content (AvgIpc) is 2.22. The lowest BCUT2D eigenvalue weighted by molar-refractivity contribution is -0.120. The minimum Gasteiger partial charge on any atom is -0.349 e. The van der Waals surface area contributed by atoms with Gasteiger partial charge in [0.15, 0.2) is 0 Å². The number of hydrogen-bond acceptors (Lipinski definition) is 2. The van der Waals surface area contributed by atoms with Gasteiger partial charge in [-0.15, -0.1) is 0 Å². The predicted octanol–water partition coefficient (Wildman–Crippen LogP) is 2.22. The number of nitrogens with zero attached hydrogens (tertiary/aromatic N) is 1. The molecule has 4 heteroatoms. The van der Waals surface area contributed by atoms with Crippen LogP contribution in [0.25, 0.3) is 0 Å². The fourth-order valence-electron chi connectivity index (χ4n) is 1.33. The Morgan fingerprint density at radius 1 is 1.62 bits per heavy atom. The third-order valence-electron chi connectivity index (χ3n) is 2.31. The zero-order valence-electron chi connectivity index (χ0n) is 9.25. The van der Waals surface area contributed by atoms with Gasteiger partial charge in [-0.25, -0.2) is 4.39 Å². The van der Waals surface area contributed by atoms with Crippen LogP contribution in [0.2, 0.25) is 0 Å². The number of carbonyl (C=O) groups excluding carboxylic acids is 1. The van der Waals surface area contributed by atoms with E-state index in [1.165, 1.54) is 6.07 Å². The Labute approximate surface area is 93.9 Å². The van der Waals surface area contributed by atoms with Crippen molar-refractivity contribution in [3.8, 4) is 6.07 Å². The van der Waals surface area contributed by atoms with Crippen molar-refractivity contribution >= 4 is 5.91 Å². The molecule has 3 nitrogen and oxygen atoms in total. The van der Waals surface area contributed by atoms with Gasteiger partial charge in [-0.3, -0.25) is 4.79 Å². The molecule has 0 aliphatic heterocycles. The zero-order chi connectivity index (χ0) is 12.1. The molecule has 0 spiro atoms. The molecule has 1 amide bonds. The van der Waals surface area contributed by atoms with Crippen LogP contribution in [-0.4, -0.2) is 5.91 Å². The normalized spacial score (nSPS) is 11.6. The summed E-state index contributed by atoms with van der Waals surface area (Å²) in [5, 5.41) is 10.9. The zero-order valence-corrected chi connectivity index (χ0v) is 9.25. The van der Waals surface area contributed by atoms with Crippen LogP contribution >= 0.6 is 0 Å². The van der Waals surface area contributed by atoms with Crippen molar-refractivity contribution in [3.63, 3.8) is 0 Å². The second-order valence-electron chi connectivity index (χ2n) is 3.63. The molecule has 0 aliphatic carbocycles. The summed E-state index contributed by atoms with van der Waals surface area (Å²) in [5.41, 5.74) is 1.26. The Kier molecular flexibility index (Phi) is 4.01. The lowest BCUT2D eigenvalue weighted by atomic mass is 10.1. The summed E-state index contributed by atoms with van der Waals surface area (Å²) < 4.78 is 13.3. The van der Waals surface area contributed by atoms with Crippen molar-refractivity contribution in [1.29, 1.82) is 5.26 Å². The summed E-state index contributed by atoms with van der Waals surface area (Å²) in [6, 6.07) is 6.28. The lowest BCUT2D eigenvalue weighted by Crippen LogP contribution is -2.26. The van der Waals surface area contributed by atoms with Crippen molar-refractivity contribution in [1.82, 2.24) is 5.32 Å². The molecule has 0 aliphatic rings. The molecule has 1 N–H and O–H groups in total. The maximum Gasteiger partial charge on any atom is 0.234 e. The Morgan fingerprint density at radius 2 is 2.31 bits per heavy atom. The van der Waals surface area contributed by atoms with E-state index in [1.54, 1.807) is 32.0 Å². The fourth-order valence-corrected chi connectivity index (χ4v) is 1.33. The highest BCUT2D eigenvalue weighted by Crippen LogP contribution is 2.16. The van der Waals surface area contributed by atoms with Gasteiger partial charge in [-0.2, -0.15) is 5.26 Å². The first-order valence-corrected chi connectivity index (χ1v) is 4.97. The highest BCUT2D eigenvalue weighted by atomic mass is 19.1. The molecular weight excluding hydrogens is 207 g/mol. The fraction of sp³-hybridized carbons (Fsp3) is 0.333. The maximum atomic E-state index is 13.3. The Balaban J connectivity index is 2.74. The molecule has 1 aromatic carbocycles. The molecule has 0 heterocycles. The number of rotatable bonds is 3. The average molecular weight is 220 g/mol. The van der Waals surface area contributed by atoms with E-state index in [2.05, 4.69) is 5.32 Å². The number of halogens is 1. The topological polar surface area (TPSA) is 52.9 Å². The second kappa shape index (κ2) is 5.26. The van der Waals surface area contributed by atoms with Crippen LogP contribution in [0.1, 0.15) is 30.5 Å². The van der Waals surface area contributed by atoms with Gasteiger partial charge in [0, 0.05) is 0 Å². The molecular formula is C12H13FN2O. The molecule has 1 atom stereocenters. The maximum absolute atomic E-state index is 13.3. The molecule has 0 saturated carbocycles. The van der Waals surface area contributed by atoms with Gasteiger partial charge in [-0.1, -0.05) is 12.1 Å². The Bertz CT molecular complexity index is 437. The largest absolute Gasteiger partial charge is 0.349 e. The molecule has 0 aromatic heterocycles. The lowest BCUT2D eigenvalue weighted by Gasteiger charge is -2.13. The summed E-state index contributed by atoms with van der Waals surface area (Å²) in [7, 11) is 0. The van der Waals surface area contributed by atoms with Gasteiger partial charge in [0.2, 0.25) is 5.91 Å². The van der Waals surface area contributed by atoms with Crippen LogP contribution in [0.4, 0.5) is 4.39 Å². The number of nitrogens with one attached hydrogen (secondary N) is 1. The number of amides is 1. The summed E-state index contributed by atoms with van der Waals surface area (Å²) in [6.07, 6.45) is -0.182.